The summed E-state index contributed by atoms with van der Waals surface area (Å²) in [6.07, 6.45) is 8.61. The third-order valence-electron chi connectivity index (χ3n) is 4.72. The van der Waals surface area contributed by atoms with Crippen LogP contribution in [0.15, 0.2) is 12.5 Å². The molecular weight excluding hydrogens is 238 g/mol. The second-order valence-electron chi connectivity index (χ2n) is 5.76. The highest BCUT2D eigenvalue weighted by Crippen LogP contribution is 2.49. The SMILES string of the molecule is N#Cc1c[nH]c2ncnc(N3CCC4(CCC4)C3)c12. The summed E-state index contributed by atoms with van der Waals surface area (Å²) in [7, 11) is 0. The van der Waals surface area contributed by atoms with Crippen LogP contribution in [0, 0.1) is 16.7 Å². The summed E-state index contributed by atoms with van der Waals surface area (Å²) in [4.78, 5) is 14.0. The van der Waals surface area contributed by atoms with E-state index in [0.29, 0.717) is 11.0 Å². The molecule has 1 aliphatic heterocycles. The Labute approximate surface area is 111 Å². The van der Waals surface area contributed by atoms with Gasteiger partial charge in [0.15, 0.2) is 0 Å². The van der Waals surface area contributed by atoms with Gasteiger partial charge in [-0.3, -0.25) is 0 Å². The lowest BCUT2D eigenvalue weighted by Gasteiger charge is -2.38. The second kappa shape index (κ2) is 3.70. The first kappa shape index (κ1) is 10.8. The average Bonchev–Trinajstić information content (AvgIpc) is 3.02. The molecule has 4 rings (SSSR count). The van der Waals surface area contributed by atoms with Crippen molar-refractivity contribution in [1.29, 1.82) is 5.26 Å². The van der Waals surface area contributed by atoms with Crippen molar-refractivity contribution in [3.63, 3.8) is 0 Å². The highest BCUT2D eigenvalue weighted by atomic mass is 15.2. The summed E-state index contributed by atoms with van der Waals surface area (Å²) >= 11 is 0. The summed E-state index contributed by atoms with van der Waals surface area (Å²) in [6.45, 7) is 2.12. The van der Waals surface area contributed by atoms with Crippen LogP contribution in [-0.4, -0.2) is 28.0 Å². The number of nitrogens with zero attached hydrogens (tertiary/aromatic N) is 4. The average molecular weight is 253 g/mol. The molecule has 1 spiro atoms. The Morgan fingerprint density at radius 1 is 1.32 bits per heavy atom. The molecular formula is C14H15N5. The van der Waals surface area contributed by atoms with Crippen molar-refractivity contribution in [3.8, 4) is 6.07 Å². The van der Waals surface area contributed by atoms with Crippen molar-refractivity contribution >= 4 is 16.9 Å². The molecule has 0 amide bonds. The van der Waals surface area contributed by atoms with E-state index < -0.39 is 0 Å². The minimum absolute atomic E-state index is 0.528. The van der Waals surface area contributed by atoms with E-state index >= 15 is 0 Å². The van der Waals surface area contributed by atoms with Gasteiger partial charge in [-0.2, -0.15) is 5.26 Å². The minimum Gasteiger partial charge on any atom is -0.355 e. The van der Waals surface area contributed by atoms with Crippen molar-refractivity contribution in [2.24, 2.45) is 5.41 Å². The molecule has 2 aliphatic rings. The fourth-order valence-corrected chi connectivity index (χ4v) is 3.48. The Balaban J connectivity index is 1.79. The number of nitrogens with one attached hydrogen (secondary N) is 1. The van der Waals surface area contributed by atoms with E-state index in [0.717, 1.165) is 29.9 Å². The molecule has 96 valence electrons. The number of H-pyrrole nitrogens is 1. The number of hydrogen-bond acceptors (Lipinski definition) is 4. The number of rotatable bonds is 1. The molecule has 0 aromatic carbocycles. The van der Waals surface area contributed by atoms with Crippen LogP contribution in [0.5, 0.6) is 0 Å². The Morgan fingerprint density at radius 2 is 2.21 bits per heavy atom. The van der Waals surface area contributed by atoms with Gasteiger partial charge in [0.1, 0.15) is 23.9 Å². The van der Waals surface area contributed by atoms with Crippen molar-refractivity contribution < 1.29 is 0 Å². The standard InChI is InChI=1S/C14H15N5/c15-6-10-7-16-12-11(10)13(18-9-17-12)19-5-4-14(8-19)2-1-3-14/h7,9H,1-5,8H2,(H,16,17,18). The molecule has 0 unspecified atom stereocenters. The van der Waals surface area contributed by atoms with Crippen LogP contribution in [0.25, 0.3) is 11.0 Å². The fraction of sp³-hybridized carbons (Fsp3) is 0.500. The summed E-state index contributed by atoms with van der Waals surface area (Å²) in [5.74, 6) is 0.923. The molecule has 0 bridgehead atoms. The number of fused-ring (bicyclic) bond motifs is 1. The number of aromatic amines is 1. The van der Waals surface area contributed by atoms with Gasteiger partial charge in [-0.15, -0.1) is 0 Å². The van der Waals surface area contributed by atoms with Gasteiger partial charge in [-0.1, -0.05) is 6.42 Å². The number of aromatic nitrogens is 3. The predicted octanol–water partition coefficient (Wildman–Crippen LogP) is 2.21. The van der Waals surface area contributed by atoms with E-state index in [1.165, 1.54) is 25.7 Å². The maximum atomic E-state index is 9.21. The minimum atomic E-state index is 0.528. The summed E-state index contributed by atoms with van der Waals surface area (Å²) in [5.41, 5.74) is 1.93. The lowest BCUT2D eigenvalue weighted by Crippen LogP contribution is -2.33. The second-order valence-corrected chi connectivity index (χ2v) is 5.76. The third-order valence-corrected chi connectivity index (χ3v) is 4.72. The molecule has 1 aliphatic carbocycles. The molecule has 1 N–H and O–H groups in total. The largest absolute Gasteiger partial charge is 0.355 e. The molecule has 1 saturated heterocycles. The van der Waals surface area contributed by atoms with Gasteiger partial charge in [0.25, 0.3) is 0 Å². The quantitative estimate of drug-likeness (QED) is 0.846. The molecule has 5 heteroatoms. The zero-order valence-corrected chi connectivity index (χ0v) is 10.7. The first-order valence-electron chi connectivity index (χ1n) is 6.78. The van der Waals surface area contributed by atoms with E-state index in [-0.39, 0.29) is 0 Å². The molecule has 2 aromatic rings. The van der Waals surface area contributed by atoms with Crippen LogP contribution in [0.3, 0.4) is 0 Å². The molecule has 1 saturated carbocycles. The van der Waals surface area contributed by atoms with Gasteiger partial charge >= 0.3 is 0 Å². The van der Waals surface area contributed by atoms with E-state index in [4.69, 9.17) is 0 Å². The van der Waals surface area contributed by atoms with Crippen LogP contribution in [0.1, 0.15) is 31.2 Å². The van der Waals surface area contributed by atoms with Crippen molar-refractivity contribution in [2.75, 3.05) is 18.0 Å². The van der Waals surface area contributed by atoms with Gasteiger partial charge in [0.2, 0.25) is 0 Å². The third kappa shape index (κ3) is 1.46. The van der Waals surface area contributed by atoms with E-state index in [2.05, 4.69) is 25.9 Å². The Bertz CT molecular complexity index is 677. The topological polar surface area (TPSA) is 68.6 Å². The Hall–Kier alpha value is -2.09. The van der Waals surface area contributed by atoms with Gasteiger partial charge < -0.3 is 9.88 Å². The summed E-state index contributed by atoms with van der Waals surface area (Å²) in [5, 5.41) is 10.1. The lowest BCUT2D eigenvalue weighted by atomic mass is 9.68. The van der Waals surface area contributed by atoms with Crippen LogP contribution in [-0.2, 0) is 0 Å². The van der Waals surface area contributed by atoms with Crippen LogP contribution in [0.2, 0.25) is 0 Å². The maximum absolute atomic E-state index is 9.21. The van der Waals surface area contributed by atoms with Crippen molar-refractivity contribution in [1.82, 2.24) is 15.0 Å². The zero-order chi connectivity index (χ0) is 12.9. The van der Waals surface area contributed by atoms with Crippen LogP contribution in [0.4, 0.5) is 5.82 Å². The van der Waals surface area contributed by atoms with Crippen LogP contribution < -0.4 is 4.90 Å². The van der Waals surface area contributed by atoms with E-state index in [1.54, 1.807) is 12.5 Å². The molecule has 2 fully saturated rings. The predicted molar refractivity (Wildman–Crippen MR) is 71.7 cm³/mol. The van der Waals surface area contributed by atoms with Crippen molar-refractivity contribution in [3.05, 3.63) is 18.1 Å². The molecule has 3 heterocycles. The van der Waals surface area contributed by atoms with Crippen molar-refractivity contribution in [2.45, 2.75) is 25.7 Å². The molecule has 19 heavy (non-hydrogen) atoms. The highest BCUT2D eigenvalue weighted by Gasteiger charge is 2.43. The summed E-state index contributed by atoms with van der Waals surface area (Å²) in [6, 6.07) is 2.22. The van der Waals surface area contributed by atoms with Crippen LogP contribution >= 0.6 is 0 Å². The Kier molecular flexibility index (Phi) is 2.10. The smallest absolute Gasteiger partial charge is 0.144 e. The monoisotopic (exact) mass is 253 g/mol. The van der Waals surface area contributed by atoms with Gasteiger partial charge in [-0.05, 0) is 24.7 Å². The molecule has 5 nitrogen and oxygen atoms in total. The van der Waals surface area contributed by atoms with E-state index in [9.17, 15) is 5.26 Å². The summed E-state index contributed by atoms with van der Waals surface area (Å²) < 4.78 is 0. The first-order chi connectivity index (χ1) is 9.31. The maximum Gasteiger partial charge on any atom is 0.144 e. The van der Waals surface area contributed by atoms with Gasteiger partial charge in [0, 0.05) is 19.3 Å². The fourth-order valence-electron chi connectivity index (χ4n) is 3.48. The highest BCUT2D eigenvalue weighted by molar-refractivity contribution is 5.92. The lowest BCUT2D eigenvalue weighted by molar-refractivity contribution is 0.165. The number of hydrogen-bond donors (Lipinski definition) is 1. The molecule has 0 radical (unpaired) electrons. The number of nitriles is 1. The van der Waals surface area contributed by atoms with E-state index in [1.807, 2.05) is 0 Å². The zero-order valence-electron chi connectivity index (χ0n) is 10.7. The normalized spacial score (nSPS) is 20.7. The first-order valence-corrected chi connectivity index (χ1v) is 6.78. The van der Waals surface area contributed by atoms with Gasteiger partial charge in [0.05, 0.1) is 10.9 Å². The molecule has 0 atom stereocenters. The Morgan fingerprint density at radius 3 is 2.89 bits per heavy atom. The van der Waals surface area contributed by atoms with Gasteiger partial charge in [-0.25, -0.2) is 9.97 Å². The molecule has 2 aromatic heterocycles. The number of anilines is 1.